The number of hydrogen-bond donors (Lipinski definition) is 2. The van der Waals surface area contributed by atoms with Crippen molar-refractivity contribution in [3.8, 4) is 11.1 Å². The third-order valence-corrected chi connectivity index (χ3v) is 4.85. The van der Waals surface area contributed by atoms with E-state index < -0.39 is 0 Å². The van der Waals surface area contributed by atoms with Gasteiger partial charge in [-0.1, -0.05) is 59.7 Å². The molecule has 2 heterocycles. The SMILES string of the molecule is Cl.c1ccc(-c2ccc(Cn3nnnc3NCCN3CCNCC3)cc2)cc1. The van der Waals surface area contributed by atoms with E-state index in [1.54, 1.807) is 0 Å². The van der Waals surface area contributed by atoms with Crippen LogP contribution in [0, 0.1) is 0 Å². The summed E-state index contributed by atoms with van der Waals surface area (Å²) in [6.45, 7) is 6.82. The second-order valence-electron chi connectivity index (χ2n) is 6.74. The summed E-state index contributed by atoms with van der Waals surface area (Å²) < 4.78 is 1.81. The zero-order valence-electron chi connectivity index (χ0n) is 15.8. The van der Waals surface area contributed by atoms with Gasteiger partial charge in [-0.3, -0.25) is 4.90 Å². The van der Waals surface area contributed by atoms with Gasteiger partial charge in [0.2, 0.25) is 5.95 Å². The molecule has 0 radical (unpaired) electrons. The second-order valence-corrected chi connectivity index (χ2v) is 6.74. The maximum atomic E-state index is 4.13. The highest BCUT2D eigenvalue weighted by Gasteiger charge is 2.10. The molecule has 4 rings (SSSR count). The Hall–Kier alpha value is -2.48. The van der Waals surface area contributed by atoms with Crippen LogP contribution in [0.4, 0.5) is 5.95 Å². The molecule has 1 aliphatic rings. The number of hydrogen-bond acceptors (Lipinski definition) is 6. The molecule has 1 fully saturated rings. The Labute approximate surface area is 171 Å². The molecule has 0 saturated carbocycles. The Bertz CT molecular complexity index is 829. The predicted molar refractivity (Wildman–Crippen MR) is 114 cm³/mol. The molecule has 0 amide bonds. The first-order chi connectivity index (χ1) is 13.4. The van der Waals surface area contributed by atoms with Gasteiger partial charge in [0, 0.05) is 39.3 Å². The van der Waals surface area contributed by atoms with Crippen LogP contribution in [0.25, 0.3) is 11.1 Å². The number of aromatic nitrogens is 4. The van der Waals surface area contributed by atoms with Gasteiger partial charge >= 0.3 is 0 Å². The highest BCUT2D eigenvalue weighted by Crippen LogP contribution is 2.19. The van der Waals surface area contributed by atoms with Crippen LogP contribution in [0.1, 0.15) is 5.56 Å². The summed E-state index contributed by atoms with van der Waals surface area (Å²) in [5.74, 6) is 0.720. The van der Waals surface area contributed by atoms with Gasteiger partial charge in [0.1, 0.15) is 0 Å². The summed E-state index contributed by atoms with van der Waals surface area (Å²) in [7, 11) is 0. The molecule has 0 atom stereocenters. The van der Waals surface area contributed by atoms with Crippen molar-refractivity contribution in [1.82, 2.24) is 30.4 Å². The summed E-state index contributed by atoms with van der Waals surface area (Å²) >= 11 is 0. The van der Waals surface area contributed by atoms with Crippen molar-refractivity contribution in [3.63, 3.8) is 0 Å². The lowest BCUT2D eigenvalue weighted by Crippen LogP contribution is -2.45. The normalized spacial score (nSPS) is 14.4. The molecule has 3 aromatic rings. The Balaban J connectivity index is 0.00000225. The largest absolute Gasteiger partial charge is 0.352 e. The van der Waals surface area contributed by atoms with Crippen LogP contribution < -0.4 is 10.6 Å². The fourth-order valence-corrected chi connectivity index (χ4v) is 3.30. The molecular formula is C20H26ClN7. The lowest BCUT2D eigenvalue weighted by atomic mass is 10.0. The summed E-state index contributed by atoms with van der Waals surface area (Å²) in [4.78, 5) is 2.44. The molecule has 1 aromatic heterocycles. The second kappa shape index (κ2) is 10.2. The fourth-order valence-electron chi connectivity index (χ4n) is 3.30. The Morgan fingerprint density at radius 1 is 0.929 bits per heavy atom. The summed E-state index contributed by atoms with van der Waals surface area (Å²) in [5.41, 5.74) is 3.61. The summed E-state index contributed by atoms with van der Waals surface area (Å²) in [5, 5.41) is 18.8. The van der Waals surface area contributed by atoms with Crippen molar-refractivity contribution in [1.29, 1.82) is 0 Å². The molecule has 2 N–H and O–H groups in total. The average Bonchev–Trinajstić information content (AvgIpc) is 3.17. The van der Waals surface area contributed by atoms with Gasteiger partial charge in [0.25, 0.3) is 0 Å². The van der Waals surface area contributed by atoms with Gasteiger partial charge in [-0.15, -0.1) is 12.4 Å². The Morgan fingerprint density at radius 3 is 2.39 bits per heavy atom. The van der Waals surface area contributed by atoms with Crippen molar-refractivity contribution < 1.29 is 0 Å². The van der Waals surface area contributed by atoms with E-state index in [1.807, 2.05) is 10.7 Å². The van der Waals surface area contributed by atoms with Crippen molar-refractivity contribution in [2.24, 2.45) is 0 Å². The van der Waals surface area contributed by atoms with Gasteiger partial charge in [-0.25, -0.2) is 4.68 Å². The smallest absolute Gasteiger partial charge is 0.243 e. The summed E-state index contributed by atoms with van der Waals surface area (Å²) in [6, 6.07) is 19.0. The van der Waals surface area contributed by atoms with E-state index in [9.17, 15) is 0 Å². The van der Waals surface area contributed by atoms with E-state index in [2.05, 4.69) is 79.6 Å². The van der Waals surface area contributed by atoms with Crippen LogP contribution in [-0.4, -0.2) is 64.4 Å². The first-order valence-corrected chi connectivity index (χ1v) is 9.46. The molecule has 2 aromatic carbocycles. The minimum absolute atomic E-state index is 0. The van der Waals surface area contributed by atoms with Crippen LogP contribution in [0.3, 0.4) is 0 Å². The molecule has 148 valence electrons. The molecule has 1 saturated heterocycles. The number of benzene rings is 2. The maximum absolute atomic E-state index is 4.13. The van der Waals surface area contributed by atoms with Gasteiger partial charge < -0.3 is 10.6 Å². The molecular weight excluding hydrogens is 374 g/mol. The number of nitrogens with zero attached hydrogens (tertiary/aromatic N) is 5. The Kier molecular flexibility index (Phi) is 7.36. The third kappa shape index (κ3) is 5.28. The monoisotopic (exact) mass is 399 g/mol. The lowest BCUT2D eigenvalue weighted by molar-refractivity contribution is 0.249. The van der Waals surface area contributed by atoms with Crippen molar-refractivity contribution in [2.75, 3.05) is 44.6 Å². The van der Waals surface area contributed by atoms with Crippen LogP contribution in [0.2, 0.25) is 0 Å². The number of nitrogens with one attached hydrogen (secondary N) is 2. The number of tetrazole rings is 1. The van der Waals surface area contributed by atoms with Crippen LogP contribution in [0.15, 0.2) is 54.6 Å². The number of rotatable bonds is 7. The van der Waals surface area contributed by atoms with Gasteiger partial charge in [0.05, 0.1) is 6.54 Å². The minimum Gasteiger partial charge on any atom is -0.352 e. The topological polar surface area (TPSA) is 70.9 Å². The van der Waals surface area contributed by atoms with Gasteiger partial charge in [-0.05, 0) is 27.1 Å². The molecule has 0 aliphatic carbocycles. The van der Waals surface area contributed by atoms with Gasteiger partial charge in [0.15, 0.2) is 0 Å². The standard InChI is InChI=1S/C20H25N7.ClH/c1-2-4-18(5-3-1)19-8-6-17(7-9-19)16-27-20(23-24-25-27)22-12-15-26-13-10-21-11-14-26;/h1-9,21H,10-16H2,(H,22,23,25);1H. The van der Waals surface area contributed by atoms with E-state index in [0.717, 1.165) is 45.2 Å². The quantitative estimate of drug-likeness (QED) is 0.634. The van der Waals surface area contributed by atoms with Crippen LogP contribution >= 0.6 is 12.4 Å². The van der Waals surface area contributed by atoms with Crippen LogP contribution in [0.5, 0.6) is 0 Å². The molecule has 0 unspecified atom stereocenters. The van der Waals surface area contributed by atoms with E-state index in [-0.39, 0.29) is 12.4 Å². The number of piperazine rings is 1. The molecule has 0 spiro atoms. The molecule has 1 aliphatic heterocycles. The molecule has 28 heavy (non-hydrogen) atoms. The average molecular weight is 400 g/mol. The molecule has 7 nitrogen and oxygen atoms in total. The molecule has 8 heteroatoms. The van der Waals surface area contributed by atoms with Crippen molar-refractivity contribution in [2.45, 2.75) is 6.54 Å². The van der Waals surface area contributed by atoms with Crippen molar-refractivity contribution in [3.05, 3.63) is 60.2 Å². The van der Waals surface area contributed by atoms with E-state index >= 15 is 0 Å². The predicted octanol–water partition coefficient (Wildman–Crippen LogP) is 2.13. The minimum atomic E-state index is 0. The van der Waals surface area contributed by atoms with Gasteiger partial charge in [-0.2, -0.15) is 0 Å². The maximum Gasteiger partial charge on any atom is 0.243 e. The van der Waals surface area contributed by atoms with E-state index in [1.165, 1.54) is 16.7 Å². The van der Waals surface area contributed by atoms with E-state index in [4.69, 9.17) is 0 Å². The highest BCUT2D eigenvalue weighted by atomic mass is 35.5. The third-order valence-electron chi connectivity index (χ3n) is 4.85. The van der Waals surface area contributed by atoms with Crippen LogP contribution in [-0.2, 0) is 6.54 Å². The number of halogens is 1. The fraction of sp³-hybridized carbons (Fsp3) is 0.350. The first-order valence-electron chi connectivity index (χ1n) is 9.46. The highest BCUT2D eigenvalue weighted by molar-refractivity contribution is 5.85. The lowest BCUT2D eigenvalue weighted by Gasteiger charge is -2.27. The Morgan fingerprint density at radius 2 is 1.64 bits per heavy atom. The van der Waals surface area contributed by atoms with E-state index in [0.29, 0.717) is 6.54 Å². The van der Waals surface area contributed by atoms with Crippen molar-refractivity contribution >= 4 is 18.4 Å². The zero-order valence-corrected chi connectivity index (χ0v) is 16.6. The zero-order chi connectivity index (χ0) is 18.3. The molecule has 0 bridgehead atoms. The summed E-state index contributed by atoms with van der Waals surface area (Å²) in [6.07, 6.45) is 0. The number of anilines is 1. The first kappa shape index (κ1) is 20.3.